The number of nitrogens with zero attached hydrogens (tertiary/aromatic N) is 2. The summed E-state index contributed by atoms with van der Waals surface area (Å²) in [6.07, 6.45) is 0.102. The van der Waals surface area contributed by atoms with Crippen LogP contribution in [0.15, 0.2) is 21.6 Å². The molecular formula is C13H14F3N3O3S. The molecule has 126 valence electrons. The molecule has 1 N–H and O–H groups in total. The topological polar surface area (TPSA) is 85.1 Å². The third-order valence-corrected chi connectivity index (χ3v) is 4.34. The van der Waals surface area contributed by atoms with Crippen molar-refractivity contribution < 1.29 is 26.1 Å². The van der Waals surface area contributed by atoms with Crippen molar-refractivity contribution in [3.8, 4) is 0 Å². The number of hydrogen-bond acceptors (Lipinski definition) is 5. The van der Waals surface area contributed by atoms with E-state index in [-0.39, 0.29) is 24.8 Å². The zero-order valence-corrected chi connectivity index (χ0v) is 13.1. The van der Waals surface area contributed by atoms with Crippen molar-refractivity contribution in [3.63, 3.8) is 0 Å². The molecule has 0 aliphatic heterocycles. The van der Waals surface area contributed by atoms with Crippen LogP contribution in [0.1, 0.15) is 31.5 Å². The van der Waals surface area contributed by atoms with Crippen molar-refractivity contribution in [2.75, 3.05) is 6.54 Å². The molecule has 1 heterocycles. The average Bonchev–Trinajstić information content (AvgIpc) is 2.93. The summed E-state index contributed by atoms with van der Waals surface area (Å²) in [4.78, 5) is 3.35. The Bertz CT molecular complexity index is 783. The van der Waals surface area contributed by atoms with Gasteiger partial charge in [-0.15, -0.1) is 0 Å². The Morgan fingerprint density at radius 3 is 2.35 bits per heavy atom. The van der Waals surface area contributed by atoms with Gasteiger partial charge >= 0.3 is 0 Å². The van der Waals surface area contributed by atoms with Gasteiger partial charge in [0.15, 0.2) is 23.3 Å². The molecule has 0 fully saturated rings. The highest BCUT2D eigenvalue weighted by molar-refractivity contribution is 7.89. The molecule has 0 aliphatic rings. The molecule has 1 aromatic heterocycles. The molecule has 0 saturated heterocycles. The minimum absolute atomic E-state index is 0.0642. The normalized spacial score (nSPS) is 12.1. The van der Waals surface area contributed by atoms with Crippen LogP contribution in [0.5, 0.6) is 0 Å². The highest BCUT2D eigenvalue weighted by atomic mass is 32.2. The maximum atomic E-state index is 13.1. The number of benzene rings is 1. The van der Waals surface area contributed by atoms with Crippen molar-refractivity contribution in [3.05, 3.63) is 41.3 Å². The van der Waals surface area contributed by atoms with E-state index in [1.54, 1.807) is 0 Å². The monoisotopic (exact) mass is 349 g/mol. The first kappa shape index (κ1) is 17.4. The van der Waals surface area contributed by atoms with Gasteiger partial charge in [0.05, 0.1) is 4.90 Å². The van der Waals surface area contributed by atoms with E-state index in [1.807, 2.05) is 13.8 Å². The number of hydrogen-bond donors (Lipinski definition) is 1. The van der Waals surface area contributed by atoms with Crippen molar-refractivity contribution in [2.24, 2.45) is 0 Å². The lowest BCUT2D eigenvalue weighted by atomic mass is 10.2. The first-order chi connectivity index (χ1) is 10.7. The van der Waals surface area contributed by atoms with Crippen molar-refractivity contribution in [2.45, 2.75) is 31.1 Å². The van der Waals surface area contributed by atoms with Gasteiger partial charge in [-0.3, -0.25) is 0 Å². The second kappa shape index (κ2) is 6.67. The van der Waals surface area contributed by atoms with Crippen molar-refractivity contribution >= 4 is 10.0 Å². The van der Waals surface area contributed by atoms with Crippen LogP contribution in [0.2, 0.25) is 0 Å². The summed E-state index contributed by atoms with van der Waals surface area (Å²) in [7, 11) is -4.19. The third-order valence-electron chi connectivity index (χ3n) is 2.90. The predicted molar refractivity (Wildman–Crippen MR) is 73.6 cm³/mol. The van der Waals surface area contributed by atoms with Gasteiger partial charge in [-0.25, -0.2) is 26.3 Å². The zero-order valence-electron chi connectivity index (χ0n) is 12.3. The Kier molecular flexibility index (Phi) is 5.05. The maximum absolute atomic E-state index is 13.1. The van der Waals surface area contributed by atoms with E-state index in [2.05, 4.69) is 14.9 Å². The average molecular weight is 349 g/mol. The molecule has 10 heteroatoms. The van der Waals surface area contributed by atoms with Crippen LogP contribution < -0.4 is 4.72 Å². The molecular weight excluding hydrogens is 335 g/mol. The van der Waals surface area contributed by atoms with E-state index in [1.165, 1.54) is 0 Å². The quantitative estimate of drug-likeness (QED) is 0.808. The summed E-state index contributed by atoms with van der Waals surface area (Å²) in [6, 6.07) is 0.814. The van der Waals surface area contributed by atoms with Crippen LogP contribution in [-0.2, 0) is 16.4 Å². The molecule has 2 aromatic rings. The SMILES string of the molecule is CC(C)c1noc(CCNS(=O)(=O)c2cc(F)c(F)c(F)c2)n1. The Balaban J connectivity index is 2.04. The van der Waals surface area contributed by atoms with E-state index in [4.69, 9.17) is 4.52 Å². The lowest BCUT2D eigenvalue weighted by Gasteiger charge is -2.06. The molecule has 0 aliphatic carbocycles. The predicted octanol–water partition coefficient (Wildman–Crippen LogP) is 2.13. The van der Waals surface area contributed by atoms with Gasteiger partial charge in [0, 0.05) is 18.9 Å². The van der Waals surface area contributed by atoms with E-state index >= 15 is 0 Å². The lowest BCUT2D eigenvalue weighted by molar-refractivity contribution is 0.371. The van der Waals surface area contributed by atoms with Gasteiger partial charge in [0.25, 0.3) is 0 Å². The van der Waals surface area contributed by atoms with E-state index in [9.17, 15) is 21.6 Å². The van der Waals surface area contributed by atoms with E-state index in [0.717, 1.165) is 0 Å². The number of rotatable bonds is 6. The Hall–Kier alpha value is -1.94. The van der Waals surface area contributed by atoms with Gasteiger partial charge in [0.2, 0.25) is 15.9 Å². The second-order valence-electron chi connectivity index (χ2n) is 5.05. The fraction of sp³-hybridized carbons (Fsp3) is 0.385. The Morgan fingerprint density at radius 1 is 1.22 bits per heavy atom. The fourth-order valence-corrected chi connectivity index (χ4v) is 2.72. The van der Waals surface area contributed by atoms with E-state index in [0.29, 0.717) is 18.0 Å². The van der Waals surface area contributed by atoms with Gasteiger partial charge in [-0.2, -0.15) is 4.98 Å². The number of sulfonamides is 1. The first-order valence-corrected chi connectivity index (χ1v) is 8.15. The summed E-state index contributed by atoms with van der Waals surface area (Å²) in [6.45, 7) is 3.62. The molecule has 0 amide bonds. The lowest BCUT2D eigenvalue weighted by Crippen LogP contribution is -2.26. The number of halogens is 3. The van der Waals surface area contributed by atoms with Crippen LogP contribution >= 0.6 is 0 Å². The molecule has 0 bridgehead atoms. The molecule has 0 saturated carbocycles. The maximum Gasteiger partial charge on any atom is 0.240 e. The van der Waals surface area contributed by atoms with Crippen LogP contribution in [-0.4, -0.2) is 25.1 Å². The van der Waals surface area contributed by atoms with Crippen molar-refractivity contribution in [1.82, 2.24) is 14.9 Å². The van der Waals surface area contributed by atoms with Crippen molar-refractivity contribution in [1.29, 1.82) is 0 Å². The molecule has 1 aromatic carbocycles. The zero-order chi connectivity index (χ0) is 17.2. The van der Waals surface area contributed by atoms with Crippen LogP contribution in [0.4, 0.5) is 13.2 Å². The smallest absolute Gasteiger partial charge is 0.240 e. The van der Waals surface area contributed by atoms with Crippen LogP contribution in [0, 0.1) is 17.5 Å². The summed E-state index contributed by atoms with van der Waals surface area (Å²) in [5.74, 6) is -4.10. The minimum Gasteiger partial charge on any atom is -0.339 e. The first-order valence-electron chi connectivity index (χ1n) is 6.67. The van der Waals surface area contributed by atoms with Crippen LogP contribution in [0.25, 0.3) is 0 Å². The summed E-state index contributed by atoms with van der Waals surface area (Å²) < 4.78 is 69.9. The fourth-order valence-electron chi connectivity index (χ4n) is 1.67. The third kappa shape index (κ3) is 4.08. The van der Waals surface area contributed by atoms with Gasteiger partial charge in [-0.05, 0) is 12.1 Å². The van der Waals surface area contributed by atoms with Crippen LogP contribution in [0.3, 0.4) is 0 Å². The summed E-state index contributed by atoms with van der Waals surface area (Å²) >= 11 is 0. The summed E-state index contributed by atoms with van der Waals surface area (Å²) in [5, 5.41) is 3.72. The number of nitrogens with one attached hydrogen (secondary N) is 1. The molecule has 2 rings (SSSR count). The molecule has 0 spiro atoms. The molecule has 0 radical (unpaired) electrons. The summed E-state index contributed by atoms with van der Waals surface area (Å²) in [5.41, 5.74) is 0. The Morgan fingerprint density at radius 2 is 1.83 bits per heavy atom. The molecule has 6 nitrogen and oxygen atoms in total. The van der Waals surface area contributed by atoms with Gasteiger partial charge < -0.3 is 4.52 Å². The Labute approximate surface area is 130 Å². The largest absolute Gasteiger partial charge is 0.339 e. The molecule has 0 unspecified atom stereocenters. The second-order valence-corrected chi connectivity index (χ2v) is 6.82. The molecule has 0 atom stereocenters. The standard InChI is InChI=1S/C13H14F3N3O3S/c1-7(2)13-18-11(22-19-13)3-4-17-23(20,21)8-5-9(14)12(16)10(15)6-8/h5-7,17H,3-4H2,1-2H3. The highest BCUT2D eigenvalue weighted by Crippen LogP contribution is 2.17. The van der Waals surface area contributed by atoms with E-state index < -0.39 is 32.4 Å². The minimum atomic E-state index is -4.19. The molecule has 23 heavy (non-hydrogen) atoms. The van der Waals surface area contributed by atoms with Gasteiger partial charge in [0.1, 0.15) is 0 Å². The van der Waals surface area contributed by atoms with Gasteiger partial charge in [-0.1, -0.05) is 19.0 Å². The highest BCUT2D eigenvalue weighted by Gasteiger charge is 2.20. The number of aromatic nitrogens is 2.